The fraction of sp³-hybridized carbons (Fsp3) is 0.438. The molecule has 0 saturated carbocycles. The molecule has 1 unspecified atom stereocenters. The first-order valence-electron chi connectivity index (χ1n) is 7.28. The van der Waals surface area contributed by atoms with Gasteiger partial charge in [-0.05, 0) is 37.8 Å². The summed E-state index contributed by atoms with van der Waals surface area (Å²) in [4.78, 5) is 17.8. The van der Waals surface area contributed by atoms with Crippen LogP contribution in [0.3, 0.4) is 0 Å². The second-order valence-electron chi connectivity index (χ2n) is 5.74. The van der Waals surface area contributed by atoms with E-state index in [0.717, 1.165) is 42.4 Å². The number of nitrogens with one attached hydrogen (secondary N) is 1. The zero-order valence-electron chi connectivity index (χ0n) is 11.8. The van der Waals surface area contributed by atoms with Gasteiger partial charge in [-0.25, -0.2) is 0 Å². The number of benzene rings is 1. The number of hydrogen-bond donors (Lipinski definition) is 2. The minimum atomic E-state index is 0.126. The van der Waals surface area contributed by atoms with Crippen molar-refractivity contribution in [1.82, 2.24) is 9.88 Å². The number of amides is 1. The molecular formula is C16H21N3O. The topological polar surface area (TPSA) is 62.1 Å². The summed E-state index contributed by atoms with van der Waals surface area (Å²) in [6.07, 6.45) is 3.89. The van der Waals surface area contributed by atoms with Crippen molar-refractivity contribution in [2.45, 2.75) is 25.8 Å². The lowest BCUT2D eigenvalue weighted by molar-refractivity contribution is 0.0683. The Morgan fingerprint density at radius 1 is 1.35 bits per heavy atom. The van der Waals surface area contributed by atoms with Crippen LogP contribution in [0.4, 0.5) is 0 Å². The smallest absolute Gasteiger partial charge is 0.255 e. The molecule has 0 spiro atoms. The number of para-hydroxylation sites is 1. The zero-order valence-corrected chi connectivity index (χ0v) is 11.8. The second kappa shape index (κ2) is 5.29. The minimum absolute atomic E-state index is 0.126. The van der Waals surface area contributed by atoms with Crippen molar-refractivity contribution in [2.75, 3.05) is 13.1 Å². The van der Waals surface area contributed by atoms with Gasteiger partial charge < -0.3 is 15.6 Å². The predicted octanol–water partition coefficient (Wildman–Crippen LogP) is 2.37. The van der Waals surface area contributed by atoms with Gasteiger partial charge in [-0.2, -0.15) is 0 Å². The Kier molecular flexibility index (Phi) is 3.49. The maximum absolute atomic E-state index is 12.7. The predicted molar refractivity (Wildman–Crippen MR) is 80.6 cm³/mol. The van der Waals surface area contributed by atoms with Gasteiger partial charge in [0.1, 0.15) is 0 Å². The summed E-state index contributed by atoms with van der Waals surface area (Å²) in [7, 11) is 0. The van der Waals surface area contributed by atoms with Crippen molar-refractivity contribution >= 4 is 16.8 Å². The first-order chi connectivity index (χ1) is 9.66. The van der Waals surface area contributed by atoms with Gasteiger partial charge in [0.05, 0.1) is 11.1 Å². The molecule has 1 atom stereocenters. The second-order valence-corrected chi connectivity index (χ2v) is 5.74. The quantitative estimate of drug-likeness (QED) is 0.881. The van der Waals surface area contributed by atoms with E-state index in [1.165, 1.54) is 0 Å². The van der Waals surface area contributed by atoms with Gasteiger partial charge in [0.15, 0.2) is 0 Å². The first kappa shape index (κ1) is 13.2. The van der Waals surface area contributed by atoms with Crippen LogP contribution in [0.15, 0.2) is 30.5 Å². The van der Waals surface area contributed by atoms with E-state index in [-0.39, 0.29) is 11.9 Å². The van der Waals surface area contributed by atoms with Gasteiger partial charge in [-0.15, -0.1) is 0 Å². The summed E-state index contributed by atoms with van der Waals surface area (Å²) in [5, 5.41) is 1.08. The van der Waals surface area contributed by atoms with E-state index < -0.39 is 0 Å². The van der Waals surface area contributed by atoms with E-state index in [1.54, 1.807) is 0 Å². The molecule has 1 aromatic heterocycles. The molecule has 0 bridgehead atoms. The van der Waals surface area contributed by atoms with Crippen molar-refractivity contribution in [2.24, 2.45) is 11.7 Å². The molecule has 106 valence electrons. The summed E-state index contributed by atoms with van der Waals surface area (Å²) in [5.74, 6) is 0.668. The summed E-state index contributed by atoms with van der Waals surface area (Å²) in [5.41, 5.74) is 7.66. The summed E-state index contributed by atoms with van der Waals surface area (Å²) < 4.78 is 0. The molecule has 0 radical (unpaired) electrons. The van der Waals surface area contributed by atoms with Gasteiger partial charge >= 0.3 is 0 Å². The number of hydrogen-bond acceptors (Lipinski definition) is 2. The Hall–Kier alpha value is -1.81. The highest BCUT2D eigenvalue weighted by atomic mass is 16.2. The van der Waals surface area contributed by atoms with Crippen molar-refractivity contribution in [3.8, 4) is 0 Å². The Bertz CT molecular complexity index is 609. The number of H-pyrrole nitrogens is 1. The molecule has 1 aliphatic rings. The molecule has 1 saturated heterocycles. The molecule has 1 fully saturated rings. The number of aromatic amines is 1. The molecule has 3 N–H and O–H groups in total. The fourth-order valence-electron chi connectivity index (χ4n) is 3.06. The van der Waals surface area contributed by atoms with Crippen LogP contribution >= 0.6 is 0 Å². The fourth-order valence-corrected chi connectivity index (χ4v) is 3.06. The SMILES string of the molecule is CC(N)C1CCN(C(=O)c2cccc3cc[nH]c23)CC1. The Labute approximate surface area is 118 Å². The zero-order chi connectivity index (χ0) is 14.1. The van der Waals surface area contributed by atoms with Gasteiger partial charge in [-0.3, -0.25) is 4.79 Å². The van der Waals surface area contributed by atoms with Crippen molar-refractivity contribution in [3.05, 3.63) is 36.0 Å². The molecule has 1 aliphatic heterocycles. The number of rotatable bonds is 2. The maximum Gasteiger partial charge on any atom is 0.255 e. The molecule has 1 amide bonds. The maximum atomic E-state index is 12.7. The number of likely N-dealkylation sites (tertiary alicyclic amines) is 1. The van der Waals surface area contributed by atoms with Crippen LogP contribution in [0.5, 0.6) is 0 Å². The Morgan fingerprint density at radius 3 is 2.80 bits per heavy atom. The van der Waals surface area contributed by atoms with E-state index in [9.17, 15) is 4.79 Å². The van der Waals surface area contributed by atoms with E-state index in [4.69, 9.17) is 5.73 Å². The molecule has 2 aromatic rings. The number of nitrogens with zero attached hydrogens (tertiary/aromatic N) is 1. The third kappa shape index (κ3) is 2.31. The van der Waals surface area contributed by atoms with Crippen LogP contribution in [-0.2, 0) is 0 Å². The summed E-state index contributed by atoms with van der Waals surface area (Å²) >= 11 is 0. The molecule has 20 heavy (non-hydrogen) atoms. The monoisotopic (exact) mass is 271 g/mol. The number of fused-ring (bicyclic) bond motifs is 1. The molecule has 2 heterocycles. The van der Waals surface area contributed by atoms with E-state index >= 15 is 0 Å². The Morgan fingerprint density at radius 2 is 2.10 bits per heavy atom. The molecule has 1 aromatic carbocycles. The third-order valence-corrected chi connectivity index (χ3v) is 4.39. The number of piperidine rings is 1. The lowest BCUT2D eigenvalue weighted by atomic mass is 9.90. The molecular weight excluding hydrogens is 250 g/mol. The normalized spacial score (nSPS) is 18.4. The van der Waals surface area contributed by atoms with Gasteiger partial charge in [0.2, 0.25) is 0 Å². The van der Waals surface area contributed by atoms with Crippen LogP contribution in [0, 0.1) is 5.92 Å². The van der Waals surface area contributed by atoms with Crippen LogP contribution in [-0.4, -0.2) is 34.9 Å². The third-order valence-electron chi connectivity index (χ3n) is 4.39. The number of carbonyl (C=O) groups is 1. The van der Waals surface area contributed by atoms with E-state index in [0.29, 0.717) is 5.92 Å². The molecule has 3 rings (SSSR count). The Balaban J connectivity index is 1.78. The number of carbonyl (C=O) groups excluding carboxylic acids is 1. The highest BCUT2D eigenvalue weighted by Gasteiger charge is 2.26. The van der Waals surface area contributed by atoms with Crippen LogP contribution in [0.25, 0.3) is 10.9 Å². The number of nitrogens with two attached hydrogens (primary N) is 1. The summed E-state index contributed by atoms with van der Waals surface area (Å²) in [6.45, 7) is 3.67. The van der Waals surface area contributed by atoms with Crippen molar-refractivity contribution in [3.63, 3.8) is 0 Å². The van der Waals surface area contributed by atoms with Gasteiger partial charge in [0, 0.05) is 30.7 Å². The lowest BCUT2D eigenvalue weighted by Gasteiger charge is -2.33. The van der Waals surface area contributed by atoms with Crippen molar-refractivity contribution < 1.29 is 4.79 Å². The van der Waals surface area contributed by atoms with Crippen LogP contribution < -0.4 is 5.73 Å². The highest BCUT2D eigenvalue weighted by Crippen LogP contribution is 2.23. The highest BCUT2D eigenvalue weighted by molar-refractivity contribution is 6.05. The van der Waals surface area contributed by atoms with E-state index in [1.807, 2.05) is 35.4 Å². The number of aromatic nitrogens is 1. The van der Waals surface area contributed by atoms with Crippen molar-refractivity contribution in [1.29, 1.82) is 0 Å². The van der Waals surface area contributed by atoms with Crippen LogP contribution in [0.1, 0.15) is 30.1 Å². The molecule has 4 nitrogen and oxygen atoms in total. The van der Waals surface area contributed by atoms with E-state index in [2.05, 4.69) is 11.9 Å². The van der Waals surface area contributed by atoms with Gasteiger partial charge in [0.25, 0.3) is 5.91 Å². The lowest BCUT2D eigenvalue weighted by Crippen LogP contribution is -2.42. The van der Waals surface area contributed by atoms with Crippen LogP contribution in [0.2, 0.25) is 0 Å². The average Bonchev–Trinajstić information content (AvgIpc) is 2.95. The van der Waals surface area contributed by atoms with Gasteiger partial charge in [-0.1, -0.05) is 12.1 Å². The largest absolute Gasteiger partial charge is 0.361 e. The summed E-state index contributed by atoms with van der Waals surface area (Å²) in [6, 6.07) is 8.08. The average molecular weight is 271 g/mol. The molecule has 4 heteroatoms. The minimum Gasteiger partial charge on any atom is -0.361 e. The standard InChI is InChI=1S/C16H21N3O/c1-11(17)12-6-9-19(10-7-12)16(20)14-4-2-3-13-5-8-18-15(13)14/h2-5,8,11-12,18H,6-7,9-10,17H2,1H3. The molecule has 0 aliphatic carbocycles. The first-order valence-corrected chi connectivity index (χ1v) is 7.28.